The van der Waals surface area contributed by atoms with Crippen LogP contribution in [0.15, 0.2) is 78.7 Å². The molecule has 1 aliphatic rings. The zero-order valence-corrected chi connectivity index (χ0v) is 38.8. The standard InChI is InChI=1S/C33H33F3NSi.C15H28O2.Ir/c1-21(2)28-18-26(17-24-9-7-8-10-27(24)28)30-31-25(15-16-37-30)19-29(38(31,5)6)23-13-11-22(12-14-23)20-32(3,4)33(34,35)36;1-7-14(5,8-2)12(16)11-13(17)15(6,9-3)10-4;/h7-16,18-19,21H,20H2,1-6H3;11,16H,7-10H2,1-6H3;/q-1;;/b;12-11-;. The minimum Gasteiger partial charge on any atom is -0.512 e. The molecule has 0 saturated carbocycles. The van der Waals surface area contributed by atoms with Crippen molar-refractivity contribution in [1.29, 1.82) is 0 Å². The van der Waals surface area contributed by atoms with Crippen LogP contribution in [-0.2, 0) is 31.3 Å². The van der Waals surface area contributed by atoms with E-state index in [2.05, 4.69) is 69.4 Å². The van der Waals surface area contributed by atoms with Gasteiger partial charge in [-0.2, -0.15) is 13.2 Å². The molecule has 305 valence electrons. The summed E-state index contributed by atoms with van der Waals surface area (Å²) in [5, 5.41) is 15.0. The van der Waals surface area contributed by atoms with Crippen LogP contribution >= 0.6 is 0 Å². The van der Waals surface area contributed by atoms with Gasteiger partial charge in [-0.25, -0.2) is 0 Å². The SMILES string of the molecule is CC(C)c1cc(-c2nccc3c2[Si](C)(C)C(c2ccc(CC(C)(C)C(F)(F)F)cc2)=C3)[c-]c2ccccc12.CCC(C)(CC)C(=O)/C=C(\O)C(C)(CC)CC.[Ir]. The number of alkyl halides is 3. The molecule has 8 heteroatoms. The molecule has 1 aromatic heterocycles. The number of carbonyl (C=O) groups is 1. The average molecular weight is 961 g/mol. The van der Waals surface area contributed by atoms with Gasteiger partial charge >= 0.3 is 6.18 Å². The number of hydrogen-bond acceptors (Lipinski definition) is 3. The second kappa shape index (κ2) is 18.1. The van der Waals surface area contributed by atoms with Gasteiger partial charge in [0.2, 0.25) is 0 Å². The summed E-state index contributed by atoms with van der Waals surface area (Å²) in [6.45, 7) is 23.7. The van der Waals surface area contributed by atoms with E-state index in [1.54, 1.807) is 0 Å². The van der Waals surface area contributed by atoms with Crippen molar-refractivity contribution in [2.24, 2.45) is 16.2 Å². The zero-order chi connectivity index (χ0) is 41.1. The molecule has 0 saturated heterocycles. The topological polar surface area (TPSA) is 50.2 Å². The average Bonchev–Trinajstić information content (AvgIpc) is 3.43. The van der Waals surface area contributed by atoms with Gasteiger partial charge in [-0.05, 0) is 66.0 Å². The number of carbonyl (C=O) groups excluding carboxylic acids is 1. The van der Waals surface area contributed by atoms with E-state index in [1.165, 1.54) is 46.8 Å². The summed E-state index contributed by atoms with van der Waals surface area (Å²) in [5.74, 6) is 0.651. The predicted molar refractivity (Wildman–Crippen MR) is 228 cm³/mol. The van der Waals surface area contributed by atoms with E-state index < -0.39 is 19.7 Å². The molecule has 0 aliphatic carbocycles. The Labute approximate surface area is 348 Å². The van der Waals surface area contributed by atoms with Crippen molar-refractivity contribution in [3.8, 4) is 11.3 Å². The number of halogens is 3. The molecule has 4 aromatic rings. The van der Waals surface area contributed by atoms with Crippen LogP contribution < -0.4 is 5.19 Å². The number of ketones is 1. The number of nitrogens with zero attached hydrogens (tertiary/aromatic N) is 1. The van der Waals surface area contributed by atoms with Gasteiger partial charge in [-0.1, -0.05) is 147 Å². The van der Waals surface area contributed by atoms with Crippen LogP contribution in [0, 0.1) is 22.3 Å². The third-order valence-electron chi connectivity index (χ3n) is 12.5. The summed E-state index contributed by atoms with van der Waals surface area (Å²) < 4.78 is 40.3. The Bertz CT molecular complexity index is 2050. The van der Waals surface area contributed by atoms with Crippen molar-refractivity contribution in [2.75, 3.05) is 0 Å². The van der Waals surface area contributed by atoms with Crippen LogP contribution in [-0.4, -0.2) is 30.1 Å². The fourth-order valence-electron chi connectivity index (χ4n) is 7.33. The Morgan fingerprint density at radius 1 is 0.875 bits per heavy atom. The molecule has 5 rings (SSSR count). The molecule has 0 amide bonds. The van der Waals surface area contributed by atoms with E-state index in [-0.39, 0.29) is 48.9 Å². The molecule has 56 heavy (non-hydrogen) atoms. The van der Waals surface area contributed by atoms with Crippen LogP contribution in [0.3, 0.4) is 0 Å². The molecule has 3 aromatic carbocycles. The quantitative estimate of drug-likeness (QED) is 0.0666. The summed E-state index contributed by atoms with van der Waals surface area (Å²) in [4.78, 5) is 17.1. The first-order valence-electron chi connectivity index (χ1n) is 19.9. The van der Waals surface area contributed by atoms with Crippen molar-refractivity contribution >= 4 is 41.1 Å². The van der Waals surface area contributed by atoms with Crippen molar-refractivity contribution in [2.45, 2.75) is 127 Å². The van der Waals surface area contributed by atoms with Crippen LogP contribution in [0.5, 0.6) is 0 Å². The minimum absolute atomic E-state index is 0. The molecule has 0 atom stereocenters. The number of rotatable bonds is 12. The number of allylic oxidation sites excluding steroid dienone is 2. The molecule has 0 fully saturated rings. The number of aromatic nitrogens is 1. The Hall–Kier alpha value is -3.32. The molecular formula is C48H61F3IrNO2Si-. The van der Waals surface area contributed by atoms with E-state index in [4.69, 9.17) is 4.98 Å². The smallest absolute Gasteiger partial charge is 0.394 e. The Balaban J connectivity index is 0.000000398. The molecule has 1 radical (unpaired) electrons. The van der Waals surface area contributed by atoms with Gasteiger partial charge in [0.25, 0.3) is 0 Å². The summed E-state index contributed by atoms with van der Waals surface area (Å²) in [5.41, 5.74) is 3.87. The first kappa shape index (κ1) is 47.1. The second-order valence-electron chi connectivity index (χ2n) is 17.3. The monoisotopic (exact) mass is 961 g/mol. The number of aliphatic hydroxyl groups is 1. The van der Waals surface area contributed by atoms with Gasteiger partial charge in [0.15, 0.2) is 5.78 Å². The number of benzene rings is 3. The largest absolute Gasteiger partial charge is 0.512 e. The molecule has 1 N–H and O–H groups in total. The third-order valence-corrected chi connectivity index (χ3v) is 16.1. The summed E-state index contributed by atoms with van der Waals surface area (Å²) in [7, 11) is -2.17. The maximum atomic E-state index is 13.4. The van der Waals surface area contributed by atoms with E-state index in [1.807, 2.05) is 78.1 Å². The van der Waals surface area contributed by atoms with Crippen molar-refractivity contribution < 1.29 is 43.2 Å². The number of aliphatic hydroxyl groups excluding tert-OH is 1. The molecule has 0 bridgehead atoms. The normalized spacial score (nSPS) is 14.5. The Morgan fingerprint density at radius 3 is 1.98 bits per heavy atom. The summed E-state index contributed by atoms with van der Waals surface area (Å²) in [6, 6.07) is 24.0. The van der Waals surface area contributed by atoms with Gasteiger partial charge < -0.3 is 5.11 Å². The van der Waals surface area contributed by atoms with Crippen molar-refractivity contribution in [3.63, 3.8) is 0 Å². The zero-order valence-electron chi connectivity index (χ0n) is 35.4. The first-order valence-corrected chi connectivity index (χ1v) is 22.9. The van der Waals surface area contributed by atoms with E-state index in [0.717, 1.165) is 47.9 Å². The Morgan fingerprint density at radius 2 is 1.45 bits per heavy atom. The number of pyridine rings is 1. The van der Waals surface area contributed by atoms with Crippen molar-refractivity contribution in [1.82, 2.24) is 4.98 Å². The molecule has 3 nitrogen and oxygen atoms in total. The van der Waals surface area contributed by atoms with Crippen LogP contribution in [0.4, 0.5) is 13.2 Å². The number of fused-ring (bicyclic) bond motifs is 2. The Kier molecular flexibility index (Phi) is 15.2. The van der Waals surface area contributed by atoms with Crippen LogP contribution in [0.25, 0.3) is 33.3 Å². The third kappa shape index (κ3) is 9.68. The van der Waals surface area contributed by atoms with Crippen molar-refractivity contribution in [3.05, 3.63) is 107 Å². The maximum Gasteiger partial charge on any atom is 0.394 e. The van der Waals surface area contributed by atoms with E-state index in [9.17, 15) is 23.1 Å². The van der Waals surface area contributed by atoms with Crippen LogP contribution in [0.2, 0.25) is 13.1 Å². The molecule has 2 heterocycles. The maximum absolute atomic E-state index is 13.4. The van der Waals surface area contributed by atoms with E-state index in [0.29, 0.717) is 11.5 Å². The fourth-order valence-corrected chi connectivity index (χ4v) is 10.7. The molecule has 0 spiro atoms. The molecule has 0 unspecified atom stereocenters. The van der Waals surface area contributed by atoms with Gasteiger partial charge in [-0.3, -0.25) is 9.78 Å². The minimum atomic E-state index is -4.24. The number of hydrogen-bond donors (Lipinski definition) is 1. The van der Waals surface area contributed by atoms with Gasteiger partial charge in [0.05, 0.1) is 5.41 Å². The second-order valence-corrected chi connectivity index (χ2v) is 21.6. The van der Waals surface area contributed by atoms with Gasteiger partial charge in [0, 0.05) is 48.9 Å². The molecular weight excluding hydrogens is 900 g/mol. The fraction of sp³-hybridized carbons (Fsp3) is 0.458. The molecule has 1 aliphatic heterocycles. The van der Waals surface area contributed by atoms with Gasteiger partial charge in [0.1, 0.15) is 13.8 Å². The van der Waals surface area contributed by atoms with Gasteiger partial charge in [-0.15, -0.1) is 29.1 Å². The van der Waals surface area contributed by atoms with E-state index >= 15 is 0 Å². The summed E-state index contributed by atoms with van der Waals surface area (Å²) in [6.07, 6.45) is 4.60. The van der Waals surface area contributed by atoms with Crippen LogP contribution in [0.1, 0.15) is 123 Å². The summed E-state index contributed by atoms with van der Waals surface area (Å²) >= 11 is 0. The predicted octanol–water partition coefficient (Wildman–Crippen LogP) is 13.6. The first-order chi connectivity index (χ1) is 25.6.